The van der Waals surface area contributed by atoms with E-state index >= 15 is 0 Å². The molecule has 4 atom stereocenters. The van der Waals surface area contributed by atoms with E-state index in [2.05, 4.69) is 24.8 Å². The second kappa shape index (κ2) is 6.45. The average molecular weight is 410 g/mol. The number of fused-ring (bicyclic) bond motifs is 3. The van der Waals surface area contributed by atoms with Crippen LogP contribution in [0, 0.1) is 11.7 Å². The van der Waals surface area contributed by atoms with Crippen LogP contribution in [0.5, 0.6) is 0 Å². The van der Waals surface area contributed by atoms with Gasteiger partial charge in [-0.1, -0.05) is 0 Å². The number of hydrogen-bond acceptors (Lipinski definition) is 5. The van der Waals surface area contributed by atoms with Crippen molar-refractivity contribution in [1.29, 1.82) is 0 Å². The number of alkyl halides is 1. The van der Waals surface area contributed by atoms with Gasteiger partial charge >= 0.3 is 0 Å². The molecule has 154 valence electrons. The Labute approximate surface area is 171 Å². The number of anilines is 1. The van der Waals surface area contributed by atoms with E-state index in [9.17, 15) is 13.6 Å². The minimum atomic E-state index is -0.969. The van der Waals surface area contributed by atoms with Gasteiger partial charge in [-0.15, -0.1) is 0 Å². The number of nitrogens with zero attached hydrogens (tertiary/aromatic N) is 5. The molecule has 1 aliphatic carbocycles. The van der Waals surface area contributed by atoms with E-state index in [1.54, 1.807) is 12.3 Å². The molecule has 3 fully saturated rings. The van der Waals surface area contributed by atoms with Crippen LogP contribution in [0.2, 0.25) is 0 Å². The Kier molecular flexibility index (Phi) is 3.81. The zero-order valence-electron chi connectivity index (χ0n) is 16.1. The summed E-state index contributed by atoms with van der Waals surface area (Å²) in [6.45, 7) is 1.31. The molecule has 5 heterocycles. The number of amides is 1. The van der Waals surface area contributed by atoms with Crippen LogP contribution >= 0.6 is 0 Å². The van der Waals surface area contributed by atoms with Gasteiger partial charge in [-0.2, -0.15) is 0 Å². The fourth-order valence-corrected chi connectivity index (χ4v) is 4.96. The number of carbonyl (C=O) groups excluding carboxylic acids is 1. The predicted molar refractivity (Wildman–Crippen MR) is 106 cm³/mol. The standard InChI is InChI=1S/C21H20F2N6O/c22-16-5-14(16)21(30)29-11-1-2-12(29)9-28(8-11)20-15-6-18(27-19(15)25-10-26-20)13-3-4-24-7-17(13)23/h3-4,6-7,10-12,14,16H,1-2,5,8-9H2,(H,25,26,27)/t11?,12?,14?,16-/m1/s1. The third kappa shape index (κ3) is 2.68. The lowest BCUT2D eigenvalue weighted by atomic mass is 10.1. The minimum Gasteiger partial charge on any atom is -0.352 e. The highest BCUT2D eigenvalue weighted by Crippen LogP contribution is 2.41. The predicted octanol–water partition coefficient (Wildman–Crippen LogP) is 2.70. The minimum absolute atomic E-state index is 0.0282. The molecule has 3 aliphatic rings. The fraction of sp³-hybridized carbons (Fsp3) is 0.429. The summed E-state index contributed by atoms with van der Waals surface area (Å²) in [6.07, 6.45) is 5.47. The highest BCUT2D eigenvalue weighted by molar-refractivity contribution is 5.92. The first-order chi connectivity index (χ1) is 14.6. The Bertz CT molecular complexity index is 1140. The maximum Gasteiger partial charge on any atom is 0.229 e. The van der Waals surface area contributed by atoms with Crippen molar-refractivity contribution in [3.8, 4) is 11.3 Å². The smallest absolute Gasteiger partial charge is 0.229 e. The molecule has 3 aromatic heterocycles. The van der Waals surface area contributed by atoms with E-state index in [-0.39, 0.29) is 18.0 Å². The number of H-pyrrole nitrogens is 1. The number of halogens is 2. The molecule has 3 unspecified atom stereocenters. The van der Waals surface area contributed by atoms with Crippen LogP contribution in [0.1, 0.15) is 19.3 Å². The summed E-state index contributed by atoms with van der Waals surface area (Å²) in [5.41, 5.74) is 1.68. The molecule has 2 bridgehead atoms. The Morgan fingerprint density at radius 1 is 1.20 bits per heavy atom. The van der Waals surface area contributed by atoms with Crippen molar-refractivity contribution in [3.05, 3.63) is 36.7 Å². The average Bonchev–Trinajstić information content (AvgIpc) is 3.22. The molecule has 0 radical (unpaired) electrons. The van der Waals surface area contributed by atoms with Crippen molar-refractivity contribution in [2.45, 2.75) is 37.5 Å². The van der Waals surface area contributed by atoms with Crippen molar-refractivity contribution in [3.63, 3.8) is 0 Å². The van der Waals surface area contributed by atoms with Crippen LogP contribution in [0.25, 0.3) is 22.3 Å². The summed E-state index contributed by atoms with van der Waals surface area (Å²) in [6, 6.07) is 3.63. The quantitative estimate of drug-likeness (QED) is 0.718. The lowest BCUT2D eigenvalue weighted by Gasteiger charge is -2.41. The van der Waals surface area contributed by atoms with Gasteiger partial charge in [0.05, 0.1) is 23.2 Å². The van der Waals surface area contributed by atoms with Gasteiger partial charge in [-0.05, 0) is 31.4 Å². The molecule has 0 spiro atoms. The summed E-state index contributed by atoms with van der Waals surface area (Å²) in [7, 11) is 0. The highest BCUT2D eigenvalue weighted by Gasteiger charge is 2.51. The Morgan fingerprint density at radius 3 is 2.67 bits per heavy atom. The Balaban J connectivity index is 1.32. The third-order valence-corrected chi connectivity index (χ3v) is 6.53. The first-order valence-corrected chi connectivity index (χ1v) is 10.2. The van der Waals surface area contributed by atoms with E-state index < -0.39 is 17.9 Å². The van der Waals surface area contributed by atoms with Crippen molar-refractivity contribution in [2.24, 2.45) is 5.92 Å². The number of rotatable bonds is 3. The van der Waals surface area contributed by atoms with Crippen molar-refractivity contribution < 1.29 is 13.6 Å². The van der Waals surface area contributed by atoms with Crippen molar-refractivity contribution in [2.75, 3.05) is 18.0 Å². The van der Waals surface area contributed by atoms with Crippen LogP contribution in [-0.2, 0) is 4.79 Å². The number of piperazine rings is 1. The van der Waals surface area contributed by atoms with E-state index in [1.807, 2.05) is 11.0 Å². The SMILES string of the molecule is O=C(C1C[C@H]1F)N1C2CCC1CN(c1ncnc3[nH]c(-c4ccncc4F)cc13)C2. The second-order valence-electron chi connectivity index (χ2n) is 8.39. The molecule has 1 N–H and O–H groups in total. The normalized spacial score (nSPS) is 27.7. The molecule has 30 heavy (non-hydrogen) atoms. The molecule has 3 aromatic rings. The molecule has 1 saturated carbocycles. The first-order valence-electron chi connectivity index (χ1n) is 10.2. The number of hydrogen-bond donors (Lipinski definition) is 1. The van der Waals surface area contributed by atoms with Crippen LogP contribution in [0.3, 0.4) is 0 Å². The Morgan fingerprint density at radius 2 is 1.97 bits per heavy atom. The maximum atomic E-state index is 14.2. The largest absolute Gasteiger partial charge is 0.352 e. The molecule has 6 rings (SSSR count). The van der Waals surface area contributed by atoms with E-state index in [1.165, 1.54) is 12.5 Å². The monoisotopic (exact) mass is 410 g/mol. The van der Waals surface area contributed by atoms with Gasteiger partial charge in [0.2, 0.25) is 5.91 Å². The molecule has 9 heteroatoms. The van der Waals surface area contributed by atoms with E-state index in [0.29, 0.717) is 36.4 Å². The molecule has 0 aromatic carbocycles. The third-order valence-electron chi connectivity index (χ3n) is 6.53. The summed E-state index contributed by atoms with van der Waals surface area (Å²) in [5, 5.41) is 0.814. The summed E-state index contributed by atoms with van der Waals surface area (Å²) < 4.78 is 27.6. The lowest BCUT2D eigenvalue weighted by molar-refractivity contribution is -0.136. The molecule has 2 saturated heterocycles. The first kappa shape index (κ1) is 17.7. The highest BCUT2D eigenvalue weighted by atomic mass is 19.1. The van der Waals surface area contributed by atoms with Crippen LogP contribution < -0.4 is 4.90 Å². The van der Waals surface area contributed by atoms with Gasteiger partial charge in [-0.25, -0.2) is 18.7 Å². The van der Waals surface area contributed by atoms with Crippen LogP contribution in [0.15, 0.2) is 30.9 Å². The second-order valence-corrected chi connectivity index (χ2v) is 8.39. The molecule has 7 nitrogen and oxygen atoms in total. The van der Waals surface area contributed by atoms with E-state index in [0.717, 1.165) is 24.0 Å². The fourth-order valence-electron chi connectivity index (χ4n) is 4.96. The van der Waals surface area contributed by atoms with Gasteiger partial charge in [-0.3, -0.25) is 9.78 Å². The zero-order valence-corrected chi connectivity index (χ0v) is 16.1. The van der Waals surface area contributed by atoms with Crippen LogP contribution in [-0.4, -0.2) is 62.1 Å². The van der Waals surface area contributed by atoms with Gasteiger partial charge in [0, 0.05) is 36.9 Å². The molecule has 2 aliphatic heterocycles. The van der Waals surface area contributed by atoms with Gasteiger partial charge in [0.15, 0.2) is 5.82 Å². The molecular formula is C21H20F2N6O. The van der Waals surface area contributed by atoms with Gasteiger partial charge in [0.25, 0.3) is 0 Å². The van der Waals surface area contributed by atoms with Crippen LogP contribution in [0.4, 0.5) is 14.6 Å². The zero-order chi connectivity index (χ0) is 20.4. The number of carbonyl (C=O) groups is 1. The van der Waals surface area contributed by atoms with Crippen molar-refractivity contribution in [1.82, 2.24) is 24.8 Å². The van der Waals surface area contributed by atoms with Gasteiger partial charge < -0.3 is 14.8 Å². The number of pyridine rings is 1. The summed E-state index contributed by atoms with van der Waals surface area (Å²) >= 11 is 0. The van der Waals surface area contributed by atoms with E-state index in [4.69, 9.17) is 0 Å². The Hall–Kier alpha value is -3.10. The molecular weight excluding hydrogens is 390 g/mol. The summed E-state index contributed by atoms with van der Waals surface area (Å²) in [5.74, 6) is -0.0989. The number of aromatic amines is 1. The molecule has 1 amide bonds. The topological polar surface area (TPSA) is 78.0 Å². The van der Waals surface area contributed by atoms with Gasteiger partial charge in [0.1, 0.15) is 24.0 Å². The van der Waals surface area contributed by atoms with Crippen molar-refractivity contribution >= 4 is 22.8 Å². The number of aromatic nitrogens is 4. The lowest BCUT2D eigenvalue weighted by Crippen LogP contribution is -2.56. The number of nitrogens with one attached hydrogen (secondary N) is 1. The summed E-state index contributed by atoms with van der Waals surface area (Å²) in [4.78, 5) is 32.6. The maximum absolute atomic E-state index is 14.2.